The minimum absolute atomic E-state index is 0.00503. The van der Waals surface area contributed by atoms with Gasteiger partial charge < -0.3 is 50.6 Å². The average molecular weight is 870 g/mol. The number of esters is 1. The minimum atomic E-state index is -1.34. The lowest BCUT2D eigenvalue weighted by Gasteiger charge is -2.36. The molecule has 0 fully saturated rings. The molecule has 0 aliphatic carbocycles. The molecule has 3 heterocycles. The van der Waals surface area contributed by atoms with Crippen LogP contribution in [0.4, 0.5) is 11.4 Å². The van der Waals surface area contributed by atoms with Crippen LogP contribution >= 0.6 is 12.2 Å². The van der Waals surface area contributed by atoms with E-state index in [-0.39, 0.29) is 35.3 Å². The maximum absolute atomic E-state index is 13.4. The fourth-order valence-electron chi connectivity index (χ4n) is 8.63. The number of anilines is 2. The number of aromatic hydroxyl groups is 2. The van der Waals surface area contributed by atoms with Crippen molar-refractivity contribution in [2.45, 2.75) is 70.7 Å². The molecule has 0 aromatic heterocycles. The third-order valence-electron chi connectivity index (χ3n) is 11.8. The number of thiocarbonyl (C=S) groups is 1. The van der Waals surface area contributed by atoms with E-state index in [1.165, 1.54) is 29.8 Å². The molecule has 2 amide bonds. The van der Waals surface area contributed by atoms with Crippen LogP contribution in [0.3, 0.4) is 0 Å². The maximum atomic E-state index is 13.4. The van der Waals surface area contributed by atoms with E-state index >= 15 is 0 Å². The fraction of sp³-hybridized carbons (Fsp3) is 0.306. The van der Waals surface area contributed by atoms with Gasteiger partial charge in [0.1, 0.15) is 41.4 Å². The Morgan fingerprint density at radius 2 is 1.57 bits per heavy atom. The number of carbonyl (C=O) groups is 3. The van der Waals surface area contributed by atoms with E-state index < -0.39 is 11.6 Å². The van der Waals surface area contributed by atoms with E-state index in [9.17, 15) is 24.6 Å². The number of nitrogens with one attached hydrogen (secondary N) is 4. The number of likely N-dealkylation sites (N-methyl/N-ethyl adjacent to an activating group) is 1. The molecule has 0 saturated carbocycles. The molecular formula is C49H51N5O8S. The number of unbranched alkanes of at least 4 members (excludes halogenated alkanes) is 2. The normalized spacial score (nSPS) is 15.7. The SMILES string of the molecule is CC(C)C1C(=O)NCCc2ccc(OCc3ccc(CNC(=O)CCCCCNC(=S)Nc4ccc5c(c4)C(=O)OC54c5ccc(O)cc5Oc5cc(O)ccc54)cc3)cc2N1C. The summed E-state index contributed by atoms with van der Waals surface area (Å²) in [6.45, 7) is 6.17. The zero-order valence-electron chi connectivity index (χ0n) is 35.5. The molecule has 3 aliphatic heterocycles. The van der Waals surface area contributed by atoms with Crippen LogP contribution in [0.2, 0.25) is 0 Å². The van der Waals surface area contributed by atoms with Crippen molar-refractivity contribution in [1.82, 2.24) is 16.0 Å². The Bertz CT molecular complexity index is 2510. The van der Waals surface area contributed by atoms with Gasteiger partial charge in [0.05, 0.1) is 5.56 Å². The highest BCUT2D eigenvalue weighted by Crippen LogP contribution is 2.57. The van der Waals surface area contributed by atoms with Crippen LogP contribution in [0.5, 0.6) is 28.7 Å². The van der Waals surface area contributed by atoms with Gasteiger partial charge in [-0.25, -0.2) is 4.79 Å². The largest absolute Gasteiger partial charge is 0.508 e. The second-order valence-corrected chi connectivity index (χ2v) is 16.9. The number of benzene rings is 5. The molecule has 1 unspecified atom stereocenters. The van der Waals surface area contributed by atoms with E-state index in [1.54, 1.807) is 18.2 Å². The zero-order valence-corrected chi connectivity index (χ0v) is 36.3. The summed E-state index contributed by atoms with van der Waals surface area (Å²) in [4.78, 5) is 40.9. The summed E-state index contributed by atoms with van der Waals surface area (Å²) in [5.41, 5.74) is 5.52. The van der Waals surface area contributed by atoms with Crippen molar-refractivity contribution in [2.24, 2.45) is 5.92 Å². The summed E-state index contributed by atoms with van der Waals surface area (Å²) in [5, 5.41) is 33.2. The summed E-state index contributed by atoms with van der Waals surface area (Å²) in [7, 11) is 1.97. The van der Waals surface area contributed by atoms with Crippen molar-refractivity contribution in [3.05, 3.63) is 136 Å². The number of rotatable bonds is 13. The van der Waals surface area contributed by atoms with Crippen molar-refractivity contribution < 1.29 is 38.8 Å². The van der Waals surface area contributed by atoms with Crippen LogP contribution < -0.4 is 35.6 Å². The lowest BCUT2D eigenvalue weighted by Crippen LogP contribution is -2.50. The number of nitrogens with zero attached hydrogens (tertiary/aromatic N) is 1. The fourth-order valence-corrected chi connectivity index (χ4v) is 8.85. The first-order chi connectivity index (χ1) is 30.4. The Hall–Kier alpha value is -6.80. The number of phenols is 2. The van der Waals surface area contributed by atoms with Gasteiger partial charge in [-0.1, -0.05) is 56.7 Å². The van der Waals surface area contributed by atoms with Gasteiger partial charge in [-0.05, 0) is 96.6 Å². The lowest BCUT2D eigenvalue weighted by molar-refractivity contribution is -0.123. The molecule has 63 heavy (non-hydrogen) atoms. The van der Waals surface area contributed by atoms with E-state index in [2.05, 4.69) is 46.1 Å². The second kappa shape index (κ2) is 18.3. The predicted molar refractivity (Wildman–Crippen MR) is 244 cm³/mol. The maximum Gasteiger partial charge on any atom is 0.340 e. The van der Waals surface area contributed by atoms with Gasteiger partial charge in [-0.2, -0.15) is 0 Å². The summed E-state index contributed by atoms with van der Waals surface area (Å²) >= 11 is 5.55. The van der Waals surface area contributed by atoms with Crippen LogP contribution in [0.15, 0.2) is 97.1 Å². The molecule has 0 saturated heterocycles. The molecule has 8 rings (SSSR count). The molecule has 1 atom stereocenters. The van der Waals surface area contributed by atoms with Crippen molar-refractivity contribution >= 4 is 46.5 Å². The van der Waals surface area contributed by atoms with Gasteiger partial charge in [0.15, 0.2) is 10.7 Å². The van der Waals surface area contributed by atoms with Crippen molar-refractivity contribution in [2.75, 3.05) is 30.4 Å². The standard InChI is InChI=1S/C49H51N5O8S/c1-29(2)45-46(58)50-22-20-32-12-16-36(26-41(32)54(45)3)60-28-31-10-8-30(9-11-31)27-52-44(57)7-5-4-6-21-51-48(63)53-33-13-17-38-37(23-33)47(59)62-49(38)39-18-14-34(55)24-42(39)61-43-25-35(56)15-19-40(43)49/h8-19,23-26,29,45,55-56H,4-7,20-22,27-28H2,1-3H3,(H,50,58)(H,52,57)(H2,51,53,63). The van der Waals surface area contributed by atoms with Gasteiger partial charge in [0, 0.05) is 79.4 Å². The van der Waals surface area contributed by atoms with Crippen LogP contribution in [-0.4, -0.2) is 59.3 Å². The van der Waals surface area contributed by atoms with Crippen LogP contribution in [0.25, 0.3) is 0 Å². The first kappa shape index (κ1) is 42.9. The number of hydrogen-bond acceptors (Lipinski definition) is 10. The van der Waals surface area contributed by atoms with Gasteiger partial charge in [-0.15, -0.1) is 0 Å². The summed E-state index contributed by atoms with van der Waals surface area (Å²) < 4.78 is 18.3. The molecule has 1 spiro atoms. The summed E-state index contributed by atoms with van der Waals surface area (Å²) in [6, 6.07) is 28.4. The lowest BCUT2D eigenvalue weighted by atomic mass is 9.77. The number of amides is 2. The molecule has 14 heteroatoms. The predicted octanol–water partition coefficient (Wildman–Crippen LogP) is 7.54. The third kappa shape index (κ3) is 9.08. The van der Waals surface area contributed by atoms with E-state index in [0.29, 0.717) is 77.2 Å². The minimum Gasteiger partial charge on any atom is -0.508 e. The second-order valence-electron chi connectivity index (χ2n) is 16.5. The van der Waals surface area contributed by atoms with Gasteiger partial charge in [0.25, 0.3) is 0 Å². The Morgan fingerprint density at radius 1 is 0.873 bits per heavy atom. The molecule has 6 N–H and O–H groups in total. The van der Waals surface area contributed by atoms with Crippen LogP contribution in [-0.2, 0) is 39.5 Å². The Morgan fingerprint density at radius 3 is 2.29 bits per heavy atom. The number of hydrogen-bond donors (Lipinski definition) is 6. The first-order valence-electron chi connectivity index (χ1n) is 21.3. The monoisotopic (exact) mass is 869 g/mol. The third-order valence-corrected chi connectivity index (χ3v) is 12.0. The molecule has 326 valence electrons. The number of carbonyl (C=O) groups excluding carboxylic acids is 3. The smallest absolute Gasteiger partial charge is 0.340 e. The molecular weight excluding hydrogens is 819 g/mol. The van der Waals surface area contributed by atoms with E-state index in [4.69, 9.17) is 26.4 Å². The van der Waals surface area contributed by atoms with Gasteiger partial charge in [-0.3, -0.25) is 9.59 Å². The molecule has 5 aromatic carbocycles. The van der Waals surface area contributed by atoms with Crippen molar-refractivity contribution in [3.63, 3.8) is 0 Å². The van der Waals surface area contributed by atoms with Gasteiger partial charge in [0.2, 0.25) is 11.8 Å². The molecule has 3 aliphatic rings. The Kier molecular flexibility index (Phi) is 12.4. The van der Waals surface area contributed by atoms with Crippen LogP contribution in [0, 0.1) is 5.92 Å². The Labute approximate surface area is 371 Å². The number of phenolic OH excluding ortho intramolecular Hbond substituents is 2. The quantitative estimate of drug-likeness (QED) is 0.0391. The Balaban J connectivity index is 0.755. The molecule has 0 bridgehead atoms. The van der Waals surface area contributed by atoms with Crippen molar-refractivity contribution in [3.8, 4) is 28.7 Å². The van der Waals surface area contributed by atoms with Crippen LogP contribution in [0.1, 0.15) is 83.3 Å². The van der Waals surface area contributed by atoms with E-state index in [1.807, 2.05) is 55.6 Å². The zero-order chi connectivity index (χ0) is 44.3. The number of ether oxygens (including phenoxy) is 3. The van der Waals surface area contributed by atoms with Gasteiger partial charge >= 0.3 is 5.97 Å². The molecule has 5 aromatic rings. The summed E-state index contributed by atoms with van der Waals surface area (Å²) in [5.74, 6) is 1.01. The average Bonchev–Trinajstić information content (AvgIpc) is 3.54. The summed E-state index contributed by atoms with van der Waals surface area (Å²) in [6.07, 6.45) is 3.56. The van der Waals surface area contributed by atoms with E-state index in [0.717, 1.165) is 48.2 Å². The highest BCUT2D eigenvalue weighted by molar-refractivity contribution is 7.80. The molecule has 13 nitrogen and oxygen atoms in total. The highest BCUT2D eigenvalue weighted by atomic mass is 32.1. The first-order valence-corrected chi connectivity index (χ1v) is 21.7. The highest BCUT2D eigenvalue weighted by Gasteiger charge is 2.53. The topological polar surface area (TPSA) is 171 Å². The molecule has 0 radical (unpaired) electrons. The number of fused-ring (bicyclic) bond motifs is 7. The van der Waals surface area contributed by atoms with Crippen molar-refractivity contribution in [1.29, 1.82) is 0 Å².